The summed E-state index contributed by atoms with van der Waals surface area (Å²) in [4.78, 5) is 23.9. The minimum absolute atomic E-state index is 0.0973. The van der Waals surface area contributed by atoms with E-state index in [2.05, 4.69) is 42.5 Å². The number of carbonyl (C=O) groups is 2. The number of nitrogens with one attached hydrogen (secondary N) is 2. The molecule has 4 nitrogen and oxygen atoms in total. The van der Waals surface area contributed by atoms with E-state index in [1.165, 1.54) is 0 Å². The maximum Gasteiger partial charge on any atom is 0.252 e. The van der Waals surface area contributed by atoms with E-state index in [0.29, 0.717) is 18.5 Å². The van der Waals surface area contributed by atoms with Gasteiger partial charge in [-0.05, 0) is 37.5 Å². The van der Waals surface area contributed by atoms with E-state index in [1.54, 1.807) is 12.1 Å². The number of halogens is 2. The third-order valence-electron chi connectivity index (χ3n) is 2.97. The molecule has 0 aromatic heterocycles. The van der Waals surface area contributed by atoms with Crippen molar-refractivity contribution in [3.63, 3.8) is 0 Å². The fraction of sp³-hybridized carbons (Fsp3) is 0.385. The van der Waals surface area contributed by atoms with Crippen LogP contribution in [0, 0.1) is 0 Å². The van der Waals surface area contributed by atoms with Crippen LogP contribution in [0.25, 0.3) is 0 Å². The van der Waals surface area contributed by atoms with Gasteiger partial charge in [0.2, 0.25) is 5.91 Å². The van der Waals surface area contributed by atoms with Gasteiger partial charge in [0, 0.05) is 21.1 Å². The van der Waals surface area contributed by atoms with Crippen molar-refractivity contribution >= 4 is 43.7 Å². The number of hydrogen-bond acceptors (Lipinski definition) is 2. The fourth-order valence-corrected chi connectivity index (χ4v) is 3.30. The summed E-state index contributed by atoms with van der Waals surface area (Å²) < 4.78 is 1.63. The lowest BCUT2D eigenvalue weighted by molar-refractivity contribution is -0.122. The van der Waals surface area contributed by atoms with Crippen LogP contribution in [0.15, 0.2) is 27.1 Å². The molecule has 0 spiro atoms. The summed E-state index contributed by atoms with van der Waals surface area (Å²) in [5.41, 5.74) is 0.526. The van der Waals surface area contributed by atoms with Crippen molar-refractivity contribution in [2.45, 2.75) is 25.3 Å². The van der Waals surface area contributed by atoms with Crippen LogP contribution in [0.1, 0.15) is 29.6 Å². The summed E-state index contributed by atoms with van der Waals surface area (Å²) in [6.45, 7) is 0.688. The van der Waals surface area contributed by atoms with Crippen molar-refractivity contribution in [3.8, 4) is 0 Å². The van der Waals surface area contributed by atoms with Crippen molar-refractivity contribution in [3.05, 3.63) is 32.7 Å². The Bertz CT molecular complexity index is 485. The van der Waals surface area contributed by atoms with Gasteiger partial charge in [-0.3, -0.25) is 9.59 Å². The molecule has 2 rings (SSSR count). The van der Waals surface area contributed by atoms with Gasteiger partial charge in [-0.25, -0.2) is 0 Å². The Labute approximate surface area is 128 Å². The molecule has 1 aliphatic heterocycles. The summed E-state index contributed by atoms with van der Waals surface area (Å²) in [6, 6.07) is 4.88. The van der Waals surface area contributed by atoms with Gasteiger partial charge in [0.05, 0.1) is 0 Å². The second kappa shape index (κ2) is 6.52. The first kappa shape index (κ1) is 14.5. The summed E-state index contributed by atoms with van der Waals surface area (Å²) >= 11 is 6.68. The van der Waals surface area contributed by atoms with E-state index in [4.69, 9.17) is 0 Å². The van der Waals surface area contributed by atoms with Crippen LogP contribution < -0.4 is 10.6 Å². The van der Waals surface area contributed by atoms with E-state index >= 15 is 0 Å². The Hall–Kier alpha value is -0.880. The monoisotopic (exact) mass is 388 g/mol. The van der Waals surface area contributed by atoms with Gasteiger partial charge >= 0.3 is 0 Å². The fourth-order valence-electron chi connectivity index (χ4n) is 2.00. The van der Waals surface area contributed by atoms with E-state index in [9.17, 15) is 9.59 Å². The van der Waals surface area contributed by atoms with E-state index in [1.807, 2.05) is 6.07 Å². The Morgan fingerprint density at radius 3 is 2.58 bits per heavy atom. The molecular formula is C13H14Br2N2O2. The lowest BCUT2D eigenvalue weighted by atomic mass is 10.1. The molecule has 6 heteroatoms. The smallest absolute Gasteiger partial charge is 0.252 e. The molecule has 1 fully saturated rings. The minimum atomic E-state index is -0.437. The zero-order valence-electron chi connectivity index (χ0n) is 10.2. The third-order valence-corrected chi connectivity index (χ3v) is 3.88. The van der Waals surface area contributed by atoms with Gasteiger partial charge in [-0.1, -0.05) is 31.9 Å². The molecule has 1 unspecified atom stereocenters. The quantitative estimate of drug-likeness (QED) is 0.816. The lowest BCUT2D eigenvalue weighted by Gasteiger charge is -2.15. The van der Waals surface area contributed by atoms with Gasteiger partial charge in [0.25, 0.3) is 5.91 Å². The van der Waals surface area contributed by atoms with Crippen LogP contribution in [-0.4, -0.2) is 24.4 Å². The van der Waals surface area contributed by atoms with Crippen LogP contribution in [0.3, 0.4) is 0 Å². The summed E-state index contributed by atoms with van der Waals surface area (Å²) in [6.07, 6.45) is 2.58. The Kier molecular flexibility index (Phi) is 4.99. The molecule has 1 aromatic rings. The SMILES string of the molecule is O=C(NC1CCCCNC1=O)c1cc(Br)cc(Br)c1. The van der Waals surface area contributed by atoms with Crippen LogP contribution >= 0.6 is 31.9 Å². The number of rotatable bonds is 2. The van der Waals surface area contributed by atoms with Crippen LogP contribution in [0.5, 0.6) is 0 Å². The predicted molar refractivity (Wildman–Crippen MR) is 80.0 cm³/mol. The van der Waals surface area contributed by atoms with E-state index in [-0.39, 0.29) is 11.8 Å². The molecule has 1 saturated heterocycles. The molecule has 1 atom stereocenters. The highest BCUT2D eigenvalue weighted by atomic mass is 79.9. The van der Waals surface area contributed by atoms with E-state index < -0.39 is 6.04 Å². The topological polar surface area (TPSA) is 58.2 Å². The second-order valence-corrected chi connectivity index (χ2v) is 6.30. The number of benzene rings is 1. The van der Waals surface area contributed by atoms with Gasteiger partial charge < -0.3 is 10.6 Å². The molecule has 1 heterocycles. The van der Waals surface area contributed by atoms with Crippen molar-refractivity contribution < 1.29 is 9.59 Å². The molecule has 0 aliphatic carbocycles. The molecule has 1 aliphatic rings. The molecule has 2 N–H and O–H groups in total. The number of hydrogen-bond donors (Lipinski definition) is 2. The molecule has 2 amide bonds. The Morgan fingerprint density at radius 1 is 1.21 bits per heavy atom. The van der Waals surface area contributed by atoms with Crippen molar-refractivity contribution in [2.24, 2.45) is 0 Å². The van der Waals surface area contributed by atoms with Crippen molar-refractivity contribution in [1.82, 2.24) is 10.6 Å². The first-order chi connectivity index (χ1) is 9.06. The number of carbonyl (C=O) groups excluding carboxylic acids is 2. The lowest BCUT2D eigenvalue weighted by Crippen LogP contribution is -2.45. The molecule has 19 heavy (non-hydrogen) atoms. The highest BCUT2D eigenvalue weighted by Crippen LogP contribution is 2.20. The third kappa shape index (κ3) is 4.04. The average molecular weight is 390 g/mol. The molecule has 1 aromatic carbocycles. The van der Waals surface area contributed by atoms with Gasteiger partial charge in [-0.2, -0.15) is 0 Å². The highest BCUT2D eigenvalue weighted by Gasteiger charge is 2.22. The largest absolute Gasteiger partial charge is 0.354 e. The first-order valence-electron chi connectivity index (χ1n) is 6.11. The standard InChI is InChI=1S/C13H14Br2N2O2/c14-9-5-8(6-10(15)7-9)12(18)17-11-3-1-2-4-16-13(11)19/h5-7,11H,1-4H2,(H,16,19)(H,17,18). The molecular weight excluding hydrogens is 376 g/mol. The first-order valence-corrected chi connectivity index (χ1v) is 7.69. The zero-order valence-corrected chi connectivity index (χ0v) is 13.4. The summed E-state index contributed by atoms with van der Waals surface area (Å²) in [7, 11) is 0. The second-order valence-electron chi connectivity index (χ2n) is 4.47. The summed E-state index contributed by atoms with van der Waals surface area (Å²) in [5, 5.41) is 5.59. The van der Waals surface area contributed by atoms with Gasteiger partial charge in [0.15, 0.2) is 0 Å². The van der Waals surface area contributed by atoms with Crippen molar-refractivity contribution in [1.29, 1.82) is 0 Å². The highest BCUT2D eigenvalue weighted by molar-refractivity contribution is 9.11. The van der Waals surface area contributed by atoms with Crippen LogP contribution in [0.2, 0.25) is 0 Å². The Balaban J connectivity index is 2.09. The van der Waals surface area contributed by atoms with Gasteiger partial charge in [-0.15, -0.1) is 0 Å². The van der Waals surface area contributed by atoms with E-state index in [0.717, 1.165) is 21.8 Å². The molecule has 0 bridgehead atoms. The minimum Gasteiger partial charge on any atom is -0.354 e. The summed E-state index contributed by atoms with van der Waals surface area (Å²) in [5.74, 6) is -0.330. The maximum absolute atomic E-state index is 12.1. The molecule has 0 saturated carbocycles. The number of amides is 2. The van der Waals surface area contributed by atoms with Crippen LogP contribution in [-0.2, 0) is 4.79 Å². The maximum atomic E-state index is 12.1. The Morgan fingerprint density at radius 2 is 1.89 bits per heavy atom. The predicted octanol–water partition coefficient (Wildman–Crippen LogP) is 2.61. The van der Waals surface area contributed by atoms with Gasteiger partial charge in [0.1, 0.15) is 6.04 Å². The normalized spacial score (nSPS) is 19.5. The zero-order chi connectivity index (χ0) is 13.8. The van der Waals surface area contributed by atoms with Crippen LogP contribution in [0.4, 0.5) is 0 Å². The molecule has 102 valence electrons. The van der Waals surface area contributed by atoms with Crippen molar-refractivity contribution in [2.75, 3.05) is 6.54 Å². The molecule has 0 radical (unpaired) electrons. The average Bonchev–Trinajstić information content (AvgIpc) is 2.54.